The zero-order valence-corrected chi connectivity index (χ0v) is 19.5. The van der Waals surface area contributed by atoms with Crippen LogP contribution in [-0.2, 0) is 11.0 Å². The zero-order valence-electron chi connectivity index (χ0n) is 19.5. The average Bonchev–Trinajstić information content (AvgIpc) is 2.75. The molecule has 3 N–H and O–H groups in total. The maximum absolute atomic E-state index is 13.3. The minimum Gasteiger partial charge on any atom is -0.393 e. The molecule has 1 aliphatic carbocycles. The molecule has 0 unspecified atom stereocenters. The Bertz CT molecular complexity index is 1020. The maximum Gasteiger partial charge on any atom is 0.416 e. The van der Waals surface area contributed by atoms with Gasteiger partial charge in [-0.3, -0.25) is 9.69 Å². The first kappa shape index (κ1) is 24.7. The first-order chi connectivity index (χ1) is 16.0. The SMILES string of the molecule is CC(C)[C@@H](O)C1CCC(N2CC(N(CC(N)=O)c3cnnc4ccc(C(F)(F)F)cc34)C2)CC1. The highest BCUT2D eigenvalue weighted by molar-refractivity contribution is 5.93. The number of nitrogens with two attached hydrogens (primary N) is 1. The molecule has 0 spiro atoms. The number of primary amides is 1. The van der Waals surface area contributed by atoms with Gasteiger partial charge in [0.25, 0.3) is 0 Å². The van der Waals surface area contributed by atoms with Crippen LogP contribution in [-0.4, -0.2) is 63.9 Å². The lowest BCUT2D eigenvalue weighted by molar-refractivity contribution is -0.137. The van der Waals surface area contributed by atoms with Crippen LogP contribution in [0.2, 0.25) is 0 Å². The molecule has 1 atom stereocenters. The lowest BCUT2D eigenvalue weighted by Gasteiger charge is -2.51. The summed E-state index contributed by atoms with van der Waals surface area (Å²) in [4.78, 5) is 16.0. The number of benzene rings is 1. The summed E-state index contributed by atoms with van der Waals surface area (Å²) in [7, 11) is 0. The number of hydrogen-bond donors (Lipinski definition) is 2. The van der Waals surface area contributed by atoms with Crippen molar-refractivity contribution >= 4 is 22.5 Å². The fourth-order valence-corrected chi connectivity index (χ4v) is 5.36. The minimum absolute atomic E-state index is 0.0616. The molecule has 1 amide bonds. The van der Waals surface area contributed by atoms with Crippen LogP contribution in [0.1, 0.15) is 45.1 Å². The molecule has 1 saturated heterocycles. The third-order valence-electron chi connectivity index (χ3n) is 7.34. The molecule has 0 bridgehead atoms. The third-order valence-corrected chi connectivity index (χ3v) is 7.34. The second-order valence-electron chi connectivity index (χ2n) is 9.96. The highest BCUT2D eigenvalue weighted by Crippen LogP contribution is 2.37. The molecule has 2 heterocycles. The van der Waals surface area contributed by atoms with Crippen molar-refractivity contribution in [2.75, 3.05) is 24.5 Å². The molecule has 7 nitrogen and oxygen atoms in total. The van der Waals surface area contributed by atoms with Crippen molar-refractivity contribution in [2.24, 2.45) is 17.6 Å². The van der Waals surface area contributed by atoms with Gasteiger partial charge in [0.05, 0.1) is 41.7 Å². The first-order valence-corrected chi connectivity index (χ1v) is 11.8. The van der Waals surface area contributed by atoms with E-state index in [-0.39, 0.29) is 24.6 Å². The summed E-state index contributed by atoms with van der Waals surface area (Å²) >= 11 is 0. The van der Waals surface area contributed by atoms with Crippen molar-refractivity contribution < 1.29 is 23.1 Å². The summed E-state index contributed by atoms with van der Waals surface area (Å²) in [5.41, 5.74) is 5.49. The van der Waals surface area contributed by atoms with Crippen LogP contribution >= 0.6 is 0 Å². The summed E-state index contributed by atoms with van der Waals surface area (Å²) in [6.45, 7) is 5.36. The number of alkyl halides is 3. The predicted molar refractivity (Wildman–Crippen MR) is 123 cm³/mol. The van der Waals surface area contributed by atoms with E-state index in [1.165, 1.54) is 12.3 Å². The number of rotatable bonds is 7. The van der Waals surface area contributed by atoms with E-state index >= 15 is 0 Å². The summed E-state index contributed by atoms with van der Waals surface area (Å²) in [6, 6.07) is 3.69. The molecule has 1 aromatic carbocycles. The molecule has 10 heteroatoms. The van der Waals surface area contributed by atoms with Gasteiger partial charge in [0.2, 0.25) is 5.91 Å². The molecular formula is C24H32F3N5O2. The predicted octanol–water partition coefficient (Wildman–Crippen LogP) is 3.20. The van der Waals surface area contributed by atoms with Crippen molar-refractivity contribution in [1.29, 1.82) is 0 Å². The van der Waals surface area contributed by atoms with Gasteiger partial charge in [0, 0.05) is 24.5 Å². The standard InChI is InChI=1S/C24H32F3N5O2/c1-14(2)23(34)15-3-6-17(7-4-15)31-11-18(12-31)32(13-22(28)33)21-10-29-30-20-8-5-16(9-19(20)21)24(25,26)27/h5,8-10,14-15,17-18,23,34H,3-4,6-7,11-13H2,1-2H3,(H2,28,33)/t15?,17?,23-/m1/s1. The fourth-order valence-electron chi connectivity index (χ4n) is 5.36. The van der Waals surface area contributed by atoms with Crippen molar-refractivity contribution in [2.45, 2.75) is 63.9 Å². The number of aromatic nitrogens is 2. The van der Waals surface area contributed by atoms with E-state index < -0.39 is 17.6 Å². The monoisotopic (exact) mass is 479 g/mol. The van der Waals surface area contributed by atoms with Gasteiger partial charge in [0.15, 0.2) is 0 Å². The Labute approximate surface area is 197 Å². The number of fused-ring (bicyclic) bond motifs is 1. The Morgan fingerprint density at radius 3 is 2.50 bits per heavy atom. The number of halogens is 3. The van der Waals surface area contributed by atoms with Crippen molar-refractivity contribution in [3.8, 4) is 0 Å². The molecule has 4 rings (SSSR count). The number of likely N-dealkylation sites (tertiary alicyclic amines) is 1. The van der Waals surface area contributed by atoms with E-state index in [0.717, 1.165) is 37.8 Å². The molecule has 0 radical (unpaired) electrons. The van der Waals surface area contributed by atoms with Crippen LogP contribution in [0.5, 0.6) is 0 Å². The highest BCUT2D eigenvalue weighted by atomic mass is 19.4. The van der Waals surface area contributed by atoms with Crippen LogP contribution < -0.4 is 10.6 Å². The van der Waals surface area contributed by atoms with Crippen LogP contribution in [0, 0.1) is 11.8 Å². The largest absolute Gasteiger partial charge is 0.416 e. The highest BCUT2D eigenvalue weighted by Gasteiger charge is 2.40. The third kappa shape index (κ3) is 5.12. The van der Waals surface area contributed by atoms with E-state index in [4.69, 9.17) is 5.73 Å². The maximum atomic E-state index is 13.3. The average molecular weight is 480 g/mol. The van der Waals surface area contributed by atoms with E-state index in [9.17, 15) is 23.1 Å². The molecule has 1 aliphatic heterocycles. The topological polar surface area (TPSA) is 95.6 Å². The zero-order chi connectivity index (χ0) is 24.6. The van der Waals surface area contributed by atoms with Gasteiger partial charge in [0.1, 0.15) is 0 Å². The number of carbonyl (C=O) groups excluding carboxylic acids is 1. The molecule has 34 heavy (non-hydrogen) atoms. The lowest BCUT2D eigenvalue weighted by atomic mass is 9.78. The number of hydrogen-bond acceptors (Lipinski definition) is 6. The summed E-state index contributed by atoms with van der Waals surface area (Å²) in [5, 5.41) is 18.6. The van der Waals surface area contributed by atoms with Crippen LogP contribution in [0.4, 0.5) is 18.9 Å². The summed E-state index contributed by atoms with van der Waals surface area (Å²) in [5.74, 6) is 0.0225. The van der Waals surface area contributed by atoms with E-state index in [1.807, 2.05) is 13.8 Å². The van der Waals surface area contributed by atoms with Crippen LogP contribution in [0.25, 0.3) is 10.9 Å². The first-order valence-electron chi connectivity index (χ1n) is 11.8. The molecule has 2 fully saturated rings. The Morgan fingerprint density at radius 2 is 1.91 bits per heavy atom. The molecule has 1 aromatic heterocycles. The molecule has 186 valence electrons. The van der Waals surface area contributed by atoms with Crippen molar-refractivity contribution in [1.82, 2.24) is 15.1 Å². The Hall–Kier alpha value is -2.46. The number of amides is 1. The minimum atomic E-state index is -4.49. The van der Waals surface area contributed by atoms with E-state index in [2.05, 4.69) is 15.1 Å². The lowest BCUT2D eigenvalue weighted by Crippen LogP contribution is -2.64. The number of anilines is 1. The van der Waals surface area contributed by atoms with E-state index in [0.29, 0.717) is 41.6 Å². The van der Waals surface area contributed by atoms with Gasteiger partial charge in [-0.25, -0.2) is 0 Å². The Kier molecular flexibility index (Phi) is 7.00. The number of aliphatic hydroxyl groups excluding tert-OH is 1. The van der Waals surface area contributed by atoms with Crippen LogP contribution in [0.3, 0.4) is 0 Å². The smallest absolute Gasteiger partial charge is 0.393 e. The van der Waals surface area contributed by atoms with Gasteiger partial charge in [-0.2, -0.15) is 23.4 Å². The van der Waals surface area contributed by atoms with Crippen molar-refractivity contribution in [3.63, 3.8) is 0 Å². The van der Waals surface area contributed by atoms with Crippen molar-refractivity contribution in [3.05, 3.63) is 30.0 Å². The van der Waals surface area contributed by atoms with Gasteiger partial charge in [-0.1, -0.05) is 13.8 Å². The van der Waals surface area contributed by atoms with E-state index in [1.54, 1.807) is 4.90 Å². The quantitative estimate of drug-likeness (QED) is 0.633. The molecule has 2 aromatic rings. The second kappa shape index (κ2) is 9.65. The summed E-state index contributed by atoms with van der Waals surface area (Å²) in [6.07, 6.45) is 0.623. The van der Waals surface area contributed by atoms with Gasteiger partial charge in [-0.05, 0) is 55.7 Å². The molecular weight excluding hydrogens is 447 g/mol. The Balaban J connectivity index is 1.49. The molecule has 1 saturated carbocycles. The van der Waals surface area contributed by atoms with Gasteiger partial charge >= 0.3 is 6.18 Å². The second-order valence-corrected chi connectivity index (χ2v) is 9.96. The number of aliphatic hydroxyl groups is 1. The Morgan fingerprint density at radius 1 is 1.24 bits per heavy atom. The summed E-state index contributed by atoms with van der Waals surface area (Å²) < 4.78 is 40.0. The number of carbonyl (C=O) groups is 1. The van der Waals surface area contributed by atoms with Gasteiger partial charge < -0.3 is 15.7 Å². The van der Waals surface area contributed by atoms with Gasteiger partial charge in [-0.15, -0.1) is 0 Å². The normalized spacial score (nSPS) is 23.1. The number of nitrogens with zero attached hydrogens (tertiary/aromatic N) is 4. The fraction of sp³-hybridized carbons (Fsp3) is 0.625. The van der Waals surface area contributed by atoms with Crippen LogP contribution in [0.15, 0.2) is 24.4 Å². The molecule has 2 aliphatic rings.